The molecular weight excluding hydrogens is 242 g/mol. The van der Waals surface area contributed by atoms with Crippen molar-refractivity contribution in [2.45, 2.75) is 13.0 Å². The summed E-state index contributed by atoms with van der Waals surface area (Å²) >= 11 is 0. The van der Waals surface area contributed by atoms with E-state index < -0.39 is 6.04 Å². The van der Waals surface area contributed by atoms with Crippen molar-refractivity contribution in [3.8, 4) is 0 Å². The van der Waals surface area contributed by atoms with E-state index in [1.54, 1.807) is 24.1 Å². The second kappa shape index (κ2) is 5.84. The molecular formula is C14H19N3O2. The minimum atomic E-state index is -0.437. The summed E-state index contributed by atoms with van der Waals surface area (Å²) in [6.45, 7) is 3.74. The topological polar surface area (TPSA) is 61.4 Å². The average molecular weight is 261 g/mol. The van der Waals surface area contributed by atoms with Crippen molar-refractivity contribution in [2.75, 3.05) is 26.7 Å². The van der Waals surface area contributed by atoms with Gasteiger partial charge in [-0.1, -0.05) is 17.7 Å². The lowest BCUT2D eigenvalue weighted by Crippen LogP contribution is -2.59. The van der Waals surface area contributed by atoms with Crippen molar-refractivity contribution < 1.29 is 9.59 Å². The van der Waals surface area contributed by atoms with Crippen LogP contribution in [0.4, 0.5) is 0 Å². The molecule has 5 heteroatoms. The van der Waals surface area contributed by atoms with Gasteiger partial charge in [-0.05, 0) is 19.1 Å². The van der Waals surface area contributed by atoms with Gasteiger partial charge in [0, 0.05) is 32.2 Å². The maximum Gasteiger partial charge on any atom is 0.254 e. The van der Waals surface area contributed by atoms with Crippen LogP contribution in [0.25, 0.3) is 0 Å². The number of amides is 2. The van der Waals surface area contributed by atoms with Crippen molar-refractivity contribution >= 4 is 11.8 Å². The van der Waals surface area contributed by atoms with E-state index >= 15 is 0 Å². The molecule has 1 atom stereocenters. The number of carbonyl (C=O) groups is 2. The number of piperazine rings is 1. The molecule has 1 unspecified atom stereocenters. The molecule has 0 radical (unpaired) electrons. The Morgan fingerprint density at radius 3 is 2.63 bits per heavy atom. The Bertz CT molecular complexity index is 470. The standard InChI is InChI=1S/C14H19N3O2/c1-10-3-5-11(6-4-10)14(19)17-8-7-16-9-12(17)13(18)15-2/h3-6,12,16H,7-9H2,1-2H3,(H,15,18). The molecule has 1 fully saturated rings. The van der Waals surface area contributed by atoms with Crippen LogP contribution >= 0.6 is 0 Å². The van der Waals surface area contributed by atoms with Gasteiger partial charge in [-0.15, -0.1) is 0 Å². The molecule has 1 aliphatic heterocycles. The number of benzene rings is 1. The van der Waals surface area contributed by atoms with Crippen LogP contribution in [0.5, 0.6) is 0 Å². The summed E-state index contributed by atoms with van der Waals surface area (Å²) in [6, 6.07) is 6.99. The second-order valence-electron chi connectivity index (χ2n) is 4.70. The molecule has 1 aromatic rings. The third kappa shape index (κ3) is 2.93. The summed E-state index contributed by atoms with van der Waals surface area (Å²) in [5.41, 5.74) is 1.74. The van der Waals surface area contributed by atoms with E-state index in [4.69, 9.17) is 0 Å². The fraction of sp³-hybridized carbons (Fsp3) is 0.429. The highest BCUT2D eigenvalue weighted by atomic mass is 16.2. The highest BCUT2D eigenvalue weighted by Gasteiger charge is 2.31. The van der Waals surface area contributed by atoms with Crippen LogP contribution in [0.2, 0.25) is 0 Å². The lowest BCUT2D eigenvalue weighted by atomic mass is 10.1. The van der Waals surface area contributed by atoms with Gasteiger partial charge in [-0.25, -0.2) is 0 Å². The van der Waals surface area contributed by atoms with Gasteiger partial charge in [0.15, 0.2) is 0 Å². The number of nitrogens with zero attached hydrogens (tertiary/aromatic N) is 1. The first-order valence-corrected chi connectivity index (χ1v) is 6.43. The molecule has 0 saturated carbocycles. The number of hydrogen-bond donors (Lipinski definition) is 2. The molecule has 19 heavy (non-hydrogen) atoms. The Kier molecular flexibility index (Phi) is 4.16. The van der Waals surface area contributed by atoms with Crippen LogP contribution in [0.15, 0.2) is 24.3 Å². The Balaban J connectivity index is 2.20. The molecule has 0 aliphatic carbocycles. The van der Waals surface area contributed by atoms with E-state index in [0.717, 1.165) is 5.56 Å². The second-order valence-corrected chi connectivity index (χ2v) is 4.70. The molecule has 5 nitrogen and oxygen atoms in total. The fourth-order valence-electron chi connectivity index (χ4n) is 2.21. The summed E-state index contributed by atoms with van der Waals surface area (Å²) in [5.74, 6) is -0.220. The molecule has 0 bridgehead atoms. The molecule has 2 amide bonds. The summed E-state index contributed by atoms with van der Waals surface area (Å²) in [6.07, 6.45) is 0. The molecule has 0 aromatic heterocycles. The van der Waals surface area contributed by atoms with E-state index in [9.17, 15) is 9.59 Å². The maximum atomic E-state index is 12.5. The van der Waals surface area contributed by atoms with Crippen LogP contribution in [-0.2, 0) is 4.79 Å². The average Bonchev–Trinajstić information content (AvgIpc) is 2.46. The summed E-state index contributed by atoms with van der Waals surface area (Å²) in [5, 5.41) is 5.75. The quantitative estimate of drug-likeness (QED) is 0.797. The van der Waals surface area contributed by atoms with Crippen LogP contribution < -0.4 is 10.6 Å². The predicted octanol–water partition coefficient (Wildman–Crippen LogP) is 0.155. The first kappa shape index (κ1) is 13.5. The van der Waals surface area contributed by atoms with E-state index in [1.165, 1.54) is 0 Å². The lowest BCUT2D eigenvalue weighted by Gasteiger charge is -2.35. The lowest BCUT2D eigenvalue weighted by molar-refractivity contribution is -0.125. The number of hydrogen-bond acceptors (Lipinski definition) is 3. The minimum Gasteiger partial charge on any atom is -0.357 e. The number of nitrogens with one attached hydrogen (secondary N) is 2. The fourth-order valence-corrected chi connectivity index (χ4v) is 2.21. The van der Waals surface area contributed by atoms with Gasteiger partial charge in [0.2, 0.25) is 5.91 Å². The van der Waals surface area contributed by atoms with Gasteiger partial charge in [0.25, 0.3) is 5.91 Å². The molecule has 102 valence electrons. The zero-order chi connectivity index (χ0) is 13.8. The van der Waals surface area contributed by atoms with Gasteiger partial charge in [-0.2, -0.15) is 0 Å². The van der Waals surface area contributed by atoms with Crippen molar-refractivity contribution in [2.24, 2.45) is 0 Å². The molecule has 1 aliphatic rings. The van der Waals surface area contributed by atoms with Gasteiger partial charge >= 0.3 is 0 Å². The highest BCUT2D eigenvalue weighted by Crippen LogP contribution is 2.12. The molecule has 2 N–H and O–H groups in total. The summed E-state index contributed by atoms with van der Waals surface area (Å²) in [7, 11) is 1.59. The van der Waals surface area contributed by atoms with E-state index in [2.05, 4.69) is 10.6 Å². The van der Waals surface area contributed by atoms with Crippen LogP contribution in [0.1, 0.15) is 15.9 Å². The zero-order valence-corrected chi connectivity index (χ0v) is 11.3. The number of carbonyl (C=O) groups excluding carboxylic acids is 2. The highest BCUT2D eigenvalue weighted by molar-refractivity contribution is 5.97. The van der Waals surface area contributed by atoms with Crippen molar-refractivity contribution in [3.63, 3.8) is 0 Å². The molecule has 2 rings (SSSR count). The minimum absolute atomic E-state index is 0.0879. The van der Waals surface area contributed by atoms with Crippen molar-refractivity contribution in [1.29, 1.82) is 0 Å². The van der Waals surface area contributed by atoms with E-state index in [0.29, 0.717) is 25.2 Å². The molecule has 1 heterocycles. The molecule has 1 saturated heterocycles. The Labute approximate surface area is 113 Å². The third-order valence-corrected chi connectivity index (χ3v) is 3.35. The largest absolute Gasteiger partial charge is 0.357 e. The predicted molar refractivity (Wildman–Crippen MR) is 72.9 cm³/mol. The van der Waals surface area contributed by atoms with Gasteiger partial charge in [-0.3, -0.25) is 9.59 Å². The smallest absolute Gasteiger partial charge is 0.254 e. The van der Waals surface area contributed by atoms with E-state index in [1.807, 2.05) is 19.1 Å². The van der Waals surface area contributed by atoms with Crippen LogP contribution in [0.3, 0.4) is 0 Å². The number of likely N-dealkylation sites (N-methyl/N-ethyl adjacent to an activating group) is 1. The Morgan fingerprint density at radius 1 is 1.32 bits per heavy atom. The molecule has 1 aromatic carbocycles. The normalized spacial score (nSPS) is 19.1. The third-order valence-electron chi connectivity index (χ3n) is 3.35. The Hall–Kier alpha value is -1.88. The van der Waals surface area contributed by atoms with E-state index in [-0.39, 0.29) is 11.8 Å². The van der Waals surface area contributed by atoms with Gasteiger partial charge in [0.1, 0.15) is 6.04 Å². The zero-order valence-electron chi connectivity index (χ0n) is 11.3. The van der Waals surface area contributed by atoms with Gasteiger partial charge in [0.05, 0.1) is 0 Å². The van der Waals surface area contributed by atoms with Crippen LogP contribution in [0, 0.1) is 6.92 Å². The maximum absolute atomic E-state index is 12.5. The first-order chi connectivity index (χ1) is 9.13. The van der Waals surface area contributed by atoms with Crippen LogP contribution in [-0.4, -0.2) is 49.4 Å². The number of rotatable bonds is 2. The van der Waals surface area contributed by atoms with Gasteiger partial charge < -0.3 is 15.5 Å². The Morgan fingerprint density at radius 2 is 2.00 bits per heavy atom. The SMILES string of the molecule is CNC(=O)C1CNCCN1C(=O)c1ccc(C)cc1. The number of aryl methyl sites for hydroxylation is 1. The van der Waals surface area contributed by atoms with Crippen molar-refractivity contribution in [3.05, 3.63) is 35.4 Å². The van der Waals surface area contributed by atoms with Crippen molar-refractivity contribution in [1.82, 2.24) is 15.5 Å². The monoisotopic (exact) mass is 261 g/mol. The summed E-state index contributed by atoms with van der Waals surface area (Å²) in [4.78, 5) is 25.9. The summed E-state index contributed by atoms with van der Waals surface area (Å²) < 4.78 is 0. The first-order valence-electron chi connectivity index (χ1n) is 6.43. The molecule has 0 spiro atoms.